The number of piperidine rings is 1. The lowest BCUT2D eigenvalue weighted by Crippen LogP contribution is -2.45. The molecule has 0 spiro atoms. The quantitative estimate of drug-likeness (QED) is 0.438. The lowest BCUT2D eigenvalue weighted by atomic mass is 10.1. The van der Waals surface area contributed by atoms with Crippen molar-refractivity contribution in [1.82, 2.24) is 39.2 Å². The first-order valence-electron chi connectivity index (χ1n) is 10.2. The van der Waals surface area contributed by atoms with Crippen LogP contribution in [-0.4, -0.2) is 53.6 Å². The zero-order valence-electron chi connectivity index (χ0n) is 17.3. The number of rotatable bonds is 5. The standard InChI is InChI=1S/C20H23N9OS/c1-12-6-17(31-27-12)26-18-19-22-9-16(13-7-23-28(2)10-13)29(19)11-15(25-18)20(30)24-14-4-3-5-21-8-14/h6-7,9-11,14,21H,3-5,8H2,1-2H3,(H,24,30)(H,25,26). The lowest BCUT2D eigenvalue weighted by Gasteiger charge is -2.23. The number of hydrogen-bond donors (Lipinski definition) is 3. The summed E-state index contributed by atoms with van der Waals surface area (Å²) in [5, 5.41) is 14.8. The normalized spacial score (nSPS) is 16.5. The summed E-state index contributed by atoms with van der Waals surface area (Å²) in [4.78, 5) is 22.2. The van der Waals surface area contributed by atoms with Crippen molar-refractivity contribution in [3.05, 3.63) is 42.2 Å². The number of hydrogen-bond acceptors (Lipinski definition) is 8. The van der Waals surface area contributed by atoms with Crippen molar-refractivity contribution in [2.45, 2.75) is 25.8 Å². The molecule has 31 heavy (non-hydrogen) atoms. The Kier molecular flexibility index (Phi) is 5.12. The molecule has 1 amide bonds. The first-order valence-corrected chi connectivity index (χ1v) is 10.9. The monoisotopic (exact) mass is 437 g/mol. The molecule has 4 aromatic heterocycles. The number of carbonyl (C=O) groups is 1. The van der Waals surface area contributed by atoms with E-state index in [0.717, 1.165) is 47.9 Å². The van der Waals surface area contributed by atoms with E-state index in [1.165, 1.54) is 11.5 Å². The van der Waals surface area contributed by atoms with Gasteiger partial charge in [-0.1, -0.05) is 0 Å². The smallest absolute Gasteiger partial charge is 0.271 e. The van der Waals surface area contributed by atoms with Crippen LogP contribution >= 0.6 is 11.5 Å². The van der Waals surface area contributed by atoms with Gasteiger partial charge >= 0.3 is 0 Å². The molecule has 1 unspecified atom stereocenters. The summed E-state index contributed by atoms with van der Waals surface area (Å²) in [5.74, 6) is 0.304. The van der Waals surface area contributed by atoms with E-state index >= 15 is 0 Å². The summed E-state index contributed by atoms with van der Waals surface area (Å²) >= 11 is 1.34. The zero-order chi connectivity index (χ0) is 21.4. The summed E-state index contributed by atoms with van der Waals surface area (Å²) < 4.78 is 7.93. The molecule has 1 aliphatic rings. The van der Waals surface area contributed by atoms with Crippen molar-refractivity contribution in [3.63, 3.8) is 0 Å². The molecule has 0 saturated carbocycles. The average molecular weight is 438 g/mol. The van der Waals surface area contributed by atoms with Gasteiger partial charge in [-0.3, -0.25) is 13.9 Å². The van der Waals surface area contributed by atoms with E-state index in [0.29, 0.717) is 17.2 Å². The van der Waals surface area contributed by atoms with Crippen LogP contribution in [0.15, 0.2) is 30.9 Å². The highest BCUT2D eigenvalue weighted by Gasteiger charge is 2.21. The van der Waals surface area contributed by atoms with E-state index in [-0.39, 0.29) is 11.9 Å². The van der Waals surface area contributed by atoms with Crippen LogP contribution < -0.4 is 16.0 Å². The van der Waals surface area contributed by atoms with Crippen LogP contribution in [0.25, 0.3) is 16.9 Å². The molecular formula is C20H23N9OS. The molecule has 0 aliphatic carbocycles. The van der Waals surface area contributed by atoms with Gasteiger partial charge in [-0.15, -0.1) is 0 Å². The van der Waals surface area contributed by atoms with Gasteiger partial charge in [0.1, 0.15) is 10.7 Å². The second-order valence-corrected chi connectivity index (χ2v) is 8.49. The third kappa shape index (κ3) is 4.01. The van der Waals surface area contributed by atoms with Crippen LogP contribution in [0.5, 0.6) is 0 Å². The van der Waals surface area contributed by atoms with E-state index in [4.69, 9.17) is 0 Å². The molecule has 4 aromatic rings. The summed E-state index contributed by atoms with van der Waals surface area (Å²) in [6.07, 6.45) is 9.19. The SMILES string of the molecule is Cc1cc(Nc2nc(C(=O)NC3CCCNC3)cn3c(-c4cnn(C)c4)cnc23)sn1. The van der Waals surface area contributed by atoms with Gasteiger partial charge in [-0.2, -0.15) is 9.47 Å². The molecule has 0 radical (unpaired) electrons. The number of aromatic nitrogens is 6. The topological polar surface area (TPSA) is 114 Å². The van der Waals surface area contributed by atoms with E-state index in [9.17, 15) is 4.79 Å². The Bertz CT molecular complexity index is 1230. The fourth-order valence-corrected chi connectivity index (χ4v) is 4.38. The van der Waals surface area contributed by atoms with Crippen molar-refractivity contribution in [2.24, 2.45) is 7.05 Å². The van der Waals surface area contributed by atoms with E-state index in [2.05, 4.69) is 35.4 Å². The van der Waals surface area contributed by atoms with Crippen LogP contribution in [0.2, 0.25) is 0 Å². The fourth-order valence-electron chi connectivity index (χ4n) is 3.72. The molecule has 3 N–H and O–H groups in total. The van der Waals surface area contributed by atoms with Crippen LogP contribution in [0.4, 0.5) is 10.8 Å². The largest absolute Gasteiger partial charge is 0.347 e. The Balaban J connectivity index is 1.56. The van der Waals surface area contributed by atoms with Gasteiger partial charge in [0.25, 0.3) is 5.91 Å². The summed E-state index contributed by atoms with van der Waals surface area (Å²) in [6, 6.07) is 2.04. The molecule has 1 aliphatic heterocycles. The first-order chi connectivity index (χ1) is 15.1. The number of nitrogens with one attached hydrogen (secondary N) is 3. The van der Waals surface area contributed by atoms with Gasteiger partial charge in [-0.25, -0.2) is 9.97 Å². The lowest BCUT2D eigenvalue weighted by molar-refractivity contribution is 0.0925. The van der Waals surface area contributed by atoms with Crippen molar-refractivity contribution < 1.29 is 4.79 Å². The van der Waals surface area contributed by atoms with Crippen molar-refractivity contribution in [3.8, 4) is 11.3 Å². The van der Waals surface area contributed by atoms with Gasteiger partial charge < -0.3 is 16.0 Å². The minimum Gasteiger partial charge on any atom is -0.347 e. The molecule has 0 bridgehead atoms. The Hall–Kier alpha value is -3.31. The van der Waals surface area contributed by atoms with E-state index < -0.39 is 0 Å². The molecule has 5 rings (SSSR count). The van der Waals surface area contributed by atoms with Gasteiger partial charge in [0.2, 0.25) is 0 Å². The highest BCUT2D eigenvalue weighted by atomic mass is 32.1. The van der Waals surface area contributed by atoms with Gasteiger partial charge in [0.15, 0.2) is 11.5 Å². The Morgan fingerprint density at radius 3 is 2.94 bits per heavy atom. The maximum absolute atomic E-state index is 13.1. The van der Waals surface area contributed by atoms with Crippen LogP contribution in [-0.2, 0) is 7.05 Å². The molecule has 160 valence electrons. The second kappa shape index (κ2) is 8.08. The Morgan fingerprint density at radius 2 is 2.23 bits per heavy atom. The second-order valence-electron chi connectivity index (χ2n) is 7.69. The summed E-state index contributed by atoms with van der Waals surface area (Å²) in [5.41, 5.74) is 3.61. The molecule has 11 heteroatoms. The van der Waals surface area contributed by atoms with Crippen LogP contribution in [0, 0.1) is 6.92 Å². The molecule has 10 nitrogen and oxygen atoms in total. The van der Waals surface area contributed by atoms with Crippen molar-refractivity contribution in [2.75, 3.05) is 18.4 Å². The molecule has 1 fully saturated rings. The molecular weight excluding hydrogens is 414 g/mol. The minimum atomic E-state index is -0.204. The molecule has 0 aromatic carbocycles. The third-order valence-corrected chi connectivity index (χ3v) is 6.02. The van der Waals surface area contributed by atoms with Gasteiger partial charge in [0.05, 0.1) is 23.8 Å². The molecule has 1 saturated heterocycles. The predicted octanol–water partition coefficient (Wildman–Crippen LogP) is 2.12. The number of amides is 1. The number of anilines is 2. The molecule has 1 atom stereocenters. The van der Waals surface area contributed by atoms with Gasteiger partial charge in [-0.05, 0) is 43.9 Å². The van der Waals surface area contributed by atoms with E-state index in [1.807, 2.05) is 30.6 Å². The zero-order valence-corrected chi connectivity index (χ0v) is 18.1. The average Bonchev–Trinajstić information content (AvgIpc) is 3.48. The number of aryl methyl sites for hydroxylation is 2. The number of carbonyl (C=O) groups excluding carboxylic acids is 1. The maximum atomic E-state index is 13.1. The Morgan fingerprint density at radius 1 is 1.32 bits per heavy atom. The number of imidazole rings is 1. The number of fused-ring (bicyclic) bond motifs is 1. The van der Waals surface area contributed by atoms with Gasteiger partial charge in [0, 0.05) is 37.6 Å². The van der Waals surface area contributed by atoms with Crippen molar-refractivity contribution in [1.29, 1.82) is 0 Å². The summed E-state index contributed by atoms with van der Waals surface area (Å²) in [6.45, 7) is 3.69. The van der Waals surface area contributed by atoms with Crippen molar-refractivity contribution >= 4 is 33.9 Å². The maximum Gasteiger partial charge on any atom is 0.271 e. The molecule has 5 heterocycles. The fraction of sp³-hybridized carbons (Fsp3) is 0.350. The van der Waals surface area contributed by atoms with E-state index in [1.54, 1.807) is 23.3 Å². The highest BCUT2D eigenvalue weighted by molar-refractivity contribution is 7.10. The van der Waals surface area contributed by atoms with Crippen LogP contribution in [0.1, 0.15) is 29.0 Å². The summed E-state index contributed by atoms with van der Waals surface area (Å²) in [7, 11) is 1.87. The highest BCUT2D eigenvalue weighted by Crippen LogP contribution is 2.27. The third-order valence-electron chi connectivity index (χ3n) is 5.23. The number of nitrogens with zero attached hydrogens (tertiary/aromatic N) is 6. The minimum absolute atomic E-state index is 0.0971. The predicted molar refractivity (Wildman–Crippen MR) is 119 cm³/mol. The Labute approximate surface area is 182 Å². The van der Waals surface area contributed by atoms with Crippen LogP contribution in [0.3, 0.4) is 0 Å². The first kappa shape index (κ1) is 19.6.